The summed E-state index contributed by atoms with van der Waals surface area (Å²) < 4.78 is 5.86. The Bertz CT molecular complexity index is 291. The molecule has 0 aromatic heterocycles. The van der Waals surface area contributed by atoms with Gasteiger partial charge in [0.25, 0.3) is 0 Å². The molecule has 2 aliphatic rings. The SMILES string of the molecule is CC(=O)NCCNC1C2CCCOC2C1(C)C. The second kappa shape index (κ2) is 4.94. The van der Waals surface area contributed by atoms with Crippen LogP contribution in [-0.4, -0.2) is 37.7 Å². The number of carbonyl (C=O) groups is 1. The molecule has 4 nitrogen and oxygen atoms in total. The lowest BCUT2D eigenvalue weighted by molar-refractivity contribution is -0.192. The van der Waals surface area contributed by atoms with Crippen molar-refractivity contribution >= 4 is 5.91 Å². The summed E-state index contributed by atoms with van der Waals surface area (Å²) in [6.45, 7) is 8.57. The Morgan fingerprint density at radius 2 is 2.18 bits per heavy atom. The lowest BCUT2D eigenvalue weighted by Crippen LogP contribution is -2.69. The first-order chi connectivity index (χ1) is 8.03. The van der Waals surface area contributed by atoms with E-state index in [0.29, 0.717) is 24.6 Å². The second-order valence-electron chi connectivity index (χ2n) is 5.83. The van der Waals surface area contributed by atoms with Gasteiger partial charge in [-0.3, -0.25) is 4.79 Å². The molecule has 2 N–H and O–H groups in total. The van der Waals surface area contributed by atoms with Crippen molar-refractivity contribution in [3.63, 3.8) is 0 Å². The zero-order valence-corrected chi connectivity index (χ0v) is 11.1. The number of fused-ring (bicyclic) bond motifs is 1. The Kier molecular flexibility index (Phi) is 3.73. The van der Waals surface area contributed by atoms with E-state index in [1.54, 1.807) is 6.92 Å². The first kappa shape index (κ1) is 12.8. The first-order valence-electron chi connectivity index (χ1n) is 6.63. The van der Waals surface area contributed by atoms with Crippen LogP contribution in [0.2, 0.25) is 0 Å². The van der Waals surface area contributed by atoms with E-state index in [2.05, 4.69) is 24.5 Å². The van der Waals surface area contributed by atoms with Crippen LogP contribution >= 0.6 is 0 Å². The summed E-state index contributed by atoms with van der Waals surface area (Å²) in [7, 11) is 0. The third kappa shape index (κ3) is 2.47. The Hall–Kier alpha value is -0.610. The topological polar surface area (TPSA) is 50.4 Å². The van der Waals surface area contributed by atoms with Gasteiger partial charge in [0.1, 0.15) is 0 Å². The van der Waals surface area contributed by atoms with Crippen molar-refractivity contribution in [3.05, 3.63) is 0 Å². The summed E-state index contributed by atoms with van der Waals surface area (Å²) in [5.74, 6) is 0.703. The summed E-state index contributed by atoms with van der Waals surface area (Å²) in [4.78, 5) is 10.8. The fourth-order valence-electron chi connectivity index (χ4n) is 3.40. The second-order valence-corrected chi connectivity index (χ2v) is 5.83. The van der Waals surface area contributed by atoms with Crippen molar-refractivity contribution in [2.45, 2.75) is 45.8 Å². The van der Waals surface area contributed by atoms with Crippen LogP contribution in [0.25, 0.3) is 0 Å². The van der Waals surface area contributed by atoms with Crippen LogP contribution in [0.4, 0.5) is 0 Å². The highest BCUT2D eigenvalue weighted by Crippen LogP contribution is 2.51. The molecule has 3 atom stereocenters. The average Bonchev–Trinajstić information content (AvgIpc) is 2.28. The molecule has 4 heteroatoms. The highest BCUT2D eigenvalue weighted by Gasteiger charge is 2.57. The summed E-state index contributed by atoms with van der Waals surface area (Å²) in [6.07, 6.45) is 2.88. The maximum absolute atomic E-state index is 10.8. The molecule has 0 bridgehead atoms. The molecular formula is C13H24N2O2. The molecule has 0 spiro atoms. The van der Waals surface area contributed by atoms with Gasteiger partial charge in [0, 0.05) is 44.0 Å². The average molecular weight is 240 g/mol. The number of hydrogen-bond acceptors (Lipinski definition) is 3. The van der Waals surface area contributed by atoms with Gasteiger partial charge >= 0.3 is 0 Å². The van der Waals surface area contributed by atoms with Crippen molar-refractivity contribution in [2.75, 3.05) is 19.7 Å². The van der Waals surface area contributed by atoms with Crippen LogP contribution < -0.4 is 10.6 Å². The Balaban J connectivity index is 1.78. The highest BCUT2D eigenvalue weighted by molar-refractivity contribution is 5.72. The van der Waals surface area contributed by atoms with Crippen LogP contribution in [0.15, 0.2) is 0 Å². The quantitative estimate of drug-likeness (QED) is 0.718. The van der Waals surface area contributed by atoms with E-state index in [1.165, 1.54) is 12.8 Å². The normalized spacial score (nSPS) is 34.6. The lowest BCUT2D eigenvalue weighted by Gasteiger charge is -2.60. The molecular weight excluding hydrogens is 216 g/mol. The van der Waals surface area contributed by atoms with Crippen LogP contribution in [0.3, 0.4) is 0 Å². The highest BCUT2D eigenvalue weighted by atomic mass is 16.5. The number of rotatable bonds is 4. The Morgan fingerprint density at radius 3 is 2.88 bits per heavy atom. The summed E-state index contributed by atoms with van der Waals surface area (Å²) >= 11 is 0. The third-order valence-corrected chi connectivity index (χ3v) is 4.19. The van der Waals surface area contributed by atoms with Gasteiger partial charge in [-0.15, -0.1) is 0 Å². The van der Waals surface area contributed by atoms with Crippen molar-refractivity contribution in [2.24, 2.45) is 11.3 Å². The van der Waals surface area contributed by atoms with Crippen molar-refractivity contribution in [1.82, 2.24) is 10.6 Å². The van der Waals surface area contributed by atoms with Crippen molar-refractivity contribution in [1.29, 1.82) is 0 Å². The zero-order chi connectivity index (χ0) is 12.5. The minimum atomic E-state index is 0.0403. The molecule has 0 aromatic rings. The molecule has 0 aromatic carbocycles. The summed E-state index contributed by atoms with van der Waals surface area (Å²) in [6, 6.07) is 0.529. The van der Waals surface area contributed by atoms with E-state index in [1.807, 2.05) is 0 Å². The molecule has 1 aliphatic heterocycles. The predicted octanol–water partition coefficient (Wildman–Crippen LogP) is 0.916. The molecule has 17 heavy (non-hydrogen) atoms. The van der Waals surface area contributed by atoms with Gasteiger partial charge in [0.2, 0.25) is 5.91 Å². The van der Waals surface area contributed by atoms with Gasteiger partial charge in [-0.2, -0.15) is 0 Å². The minimum Gasteiger partial charge on any atom is -0.377 e. The van der Waals surface area contributed by atoms with E-state index < -0.39 is 0 Å². The first-order valence-corrected chi connectivity index (χ1v) is 6.63. The number of ether oxygens (including phenoxy) is 1. The fourth-order valence-corrected chi connectivity index (χ4v) is 3.40. The molecule has 1 heterocycles. The minimum absolute atomic E-state index is 0.0403. The standard InChI is InChI=1S/C13H24N2O2/c1-9(16)14-6-7-15-11-10-5-4-8-17-12(10)13(11,2)3/h10-12,15H,4-8H2,1-3H3,(H,14,16). The number of nitrogens with one attached hydrogen (secondary N) is 2. The fraction of sp³-hybridized carbons (Fsp3) is 0.923. The lowest BCUT2D eigenvalue weighted by atomic mass is 9.55. The summed E-state index contributed by atoms with van der Waals surface area (Å²) in [5.41, 5.74) is 0.224. The van der Waals surface area contributed by atoms with Gasteiger partial charge < -0.3 is 15.4 Å². The van der Waals surface area contributed by atoms with Crippen LogP contribution in [0.5, 0.6) is 0 Å². The van der Waals surface area contributed by atoms with E-state index >= 15 is 0 Å². The molecule has 2 rings (SSSR count). The molecule has 3 unspecified atom stereocenters. The van der Waals surface area contributed by atoms with Crippen LogP contribution in [0, 0.1) is 11.3 Å². The summed E-state index contributed by atoms with van der Waals surface area (Å²) in [5, 5.41) is 6.38. The van der Waals surface area contributed by atoms with Gasteiger partial charge in [-0.05, 0) is 12.8 Å². The molecule has 98 valence electrons. The van der Waals surface area contributed by atoms with Gasteiger partial charge in [0.15, 0.2) is 0 Å². The smallest absolute Gasteiger partial charge is 0.216 e. The van der Waals surface area contributed by atoms with Crippen molar-refractivity contribution < 1.29 is 9.53 Å². The van der Waals surface area contributed by atoms with E-state index in [0.717, 1.165) is 13.2 Å². The Morgan fingerprint density at radius 1 is 1.41 bits per heavy atom. The zero-order valence-electron chi connectivity index (χ0n) is 11.1. The van der Waals surface area contributed by atoms with E-state index in [9.17, 15) is 4.79 Å². The molecule has 0 radical (unpaired) electrons. The molecule has 2 fully saturated rings. The maximum Gasteiger partial charge on any atom is 0.216 e. The van der Waals surface area contributed by atoms with Crippen molar-refractivity contribution in [3.8, 4) is 0 Å². The molecule has 1 saturated heterocycles. The maximum atomic E-state index is 10.8. The number of hydrogen-bond donors (Lipinski definition) is 2. The van der Waals surface area contributed by atoms with Gasteiger partial charge in [-0.1, -0.05) is 13.8 Å². The number of carbonyl (C=O) groups excluding carboxylic acids is 1. The van der Waals surface area contributed by atoms with E-state index in [-0.39, 0.29) is 11.3 Å². The van der Waals surface area contributed by atoms with Crippen LogP contribution in [0.1, 0.15) is 33.6 Å². The van der Waals surface area contributed by atoms with Gasteiger partial charge in [0.05, 0.1) is 6.10 Å². The Labute approximate surface area is 103 Å². The van der Waals surface area contributed by atoms with E-state index in [4.69, 9.17) is 4.74 Å². The third-order valence-electron chi connectivity index (χ3n) is 4.19. The molecule has 1 amide bonds. The number of amides is 1. The predicted molar refractivity (Wildman–Crippen MR) is 66.7 cm³/mol. The molecule has 1 saturated carbocycles. The largest absolute Gasteiger partial charge is 0.377 e. The monoisotopic (exact) mass is 240 g/mol. The van der Waals surface area contributed by atoms with Gasteiger partial charge in [-0.25, -0.2) is 0 Å². The molecule has 1 aliphatic carbocycles. The van der Waals surface area contributed by atoms with Crippen LogP contribution in [-0.2, 0) is 9.53 Å².